The van der Waals surface area contributed by atoms with Gasteiger partial charge in [0.25, 0.3) is 0 Å². The fourth-order valence-corrected chi connectivity index (χ4v) is 5.56. The second-order valence-corrected chi connectivity index (χ2v) is 7.83. The summed E-state index contributed by atoms with van der Waals surface area (Å²) in [4.78, 5) is 18.2. The van der Waals surface area contributed by atoms with Crippen molar-refractivity contribution in [1.82, 2.24) is 4.90 Å². The number of benzene rings is 1. The Balaban J connectivity index is 1.81. The lowest BCUT2D eigenvalue weighted by atomic mass is 10.0. The third-order valence-electron chi connectivity index (χ3n) is 4.29. The molecule has 7 heteroatoms. The van der Waals surface area contributed by atoms with Gasteiger partial charge in [0.05, 0.1) is 11.4 Å². The van der Waals surface area contributed by atoms with Crippen LogP contribution in [-0.4, -0.2) is 61.6 Å². The minimum atomic E-state index is -0.840. The van der Waals surface area contributed by atoms with E-state index in [2.05, 4.69) is 0 Å². The van der Waals surface area contributed by atoms with E-state index in [0.29, 0.717) is 5.75 Å². The summed E-state index contributed by atoms with van der Waals surface area (Å²) in [6, 6.07) is 7.22. The summed E-state index contributed by atoms with van der Waals surface area (Å²) in [5, 5.41) is 20.3. The molecule has 3 atom stereocenters. The SMILES string of the molecule is CN1[C@H](C2CSC(c3ccccc3O)=N2)SCC1(C)C(=O)O. The van der Waals surface area contributed by atoms with Crippen LogP contribution in [0.5, 0.6) is 5.75 Å². The first-order valence-electron chi connectivity index (χ1n) is 7.00. The van der Waals surface area contributed by atoms with Crippen LogP contribution in [-0.2, 0) is 4.79 Å². The number of phenolic OH excluding ortho intramolecular Hbond substituents is 1. The minimum Gasteiger partial charge on any atom is -0.507 e. The standard InChI is InChI=1S/C15H18N2O3S2/c1-15(14(19)20)8-22-13(17(15)2)10-7-21-12(16-10)9-5-3-4-6-11(9)18/h3-6,10,13,18H,7-8H2,1-2H3,(H,19,20)/t10?,13-,15?/m0/s1. The Bertz CT molecular complexity index is 637. The maximum atomic E-state index is 11.5. The van der Waals surface area contributed by atoms with Crippen LogP contribution in [0.25, 0.3) is 0 Å². The Morgan fingerprint density at radius 1 is 1.45 bits per heavy atom. The molecule has 2 aliphatic heterocycles. The van der Waals surface area contributed by atoms with Crippen molar-refractivity contribution >= 4 is 34.5 Å². The minimum absolute atomic E-state index is 0.0378. The van der Waals surface area contributed by atoms with Gasteiger partial charge in [0, 0.05) is 17.1 Å². The molecule has 2 unspecified atom stereocenters. The zero-order chi connectivity index (χ0) is 15.9. The molecule has 22 heavy (non-hydrogen) atoms. The summed E-state index contributed by atoms with van der Waals surface area (Å²) in [6.07, 6.45) is 0. The van der Waals surface area contributed by atoms with E-state index in [1.807, 2.05) is 24.1 Å². The van der Waals surface area contributed by atoms with Gasteiger partial charge in [-0.2, -0.15) is 0 Å². The third kappa shape index (κ3) is 2.51. The number of rotatable bonds is 3. The number of hydrogen-bond donors (Lipinski definition) is 2. The number of para-hydroxylation sites is 1. The highest BCUT2D eigenvalue weighted by Crippen LogP contribution is 2.41. The van der Waals surface area contributed by atoms with Crippen LogP contribution in [0.15, 0.2) is 29.3 Å². The molecule has 0 aromatic heterocycles. The highest BCUT2D eigenvalue weighted by molar-refractivity contribution is 8.14. The number of likely N-dealkylation sites (N-methyl/N-ethyl adjacent to an activating group) is 1. The molecule has 1 fully saturated rings. The maximum absolute atomic E-state index is 11.5. The topological polar surface area (TPSA) is 73.1 Å². The summed E-state index contributed by atoms with van der Waals surface area (Å²) < 4.78 is 0. The highest BCUT2D eigenvalue weighted by atomic mass is 32.2. The van der Waals surface area contributed by atoms with E-state index >= 15 is 0 Å². The molecule has 2 N–H and O–H groups in total. The van der Waals surface area contributed by atoms with Crippen molar-refractivity contribution in [3.8, 4) is 5.75 Å². The lowest BCUT2D eigenvalue weighted by Crippen LogP contribution is -2.52. The molecule has 0 radical (unpaired) electrons. The number of hydrogen-bond acceptors (Lipinski definition) is 6. The van der Waals surface area contributed by atoms with Gasteiger partial charge in [0.1, 0.15) is 16.3 Å². The van der Waals surface area contributed by atoms with Gasteiger partial charge >= 0.3 is 5.97 Å². The van der Waals surface area contributed by atoms with Crippen LogP contribution in [0.4, 0.5) is 0 Å². The van der Waals surface area contributed by atoms with Crippen LogP contribution in [0.2, 0.25) is 0 Å². The van der Waals surface area contributed by atoms with Gasteiger partial charge in [-0.1, -0.05) is 12.1 Å². The van der Waals surface area contributed by atoms with Crippen molar-refractivity contribution in [3.63, 3.8) is 0 Å². The number of aliphatic carboxylic acids is 1. The Morgan fingerprint density at radius 2 is 2.18 bits per heavy atom. The Labute approximate surface area is 137 Å². The predicted molar refractivity (Wildman–Crippen MR) is 90.9 cm³/mol. The molecule has 2 heterocycles. The van der Waals surface area contributed by atoms with E-state index in [1.165, 1.54) is 0 Å². The van der Waals surface area contributed by atoms with E-state index in [1.54, 1.807) is 42.6 Å². The van der Waals surface area contributed by atoms with E-state index in [4.69, 9.17) is 4.99 Å². The molecule has 5 nitrogen and oxygen atoms in total. The van der Waals surface area contributed by atoms with Gasteiger partial charge in [0.2, 0.25) is 0 Å². The molecule has 0 spiro atoms. The maximum Gasteiger partial charge on any atom is 0.324 e. The second kappa shape index (κ2) is 5.79. The third-order valence-corrected chi connectivity index (χ3v) is 7.10. The summed E-state index contributed by atoms with van der Waals surface area (Å²) in [5.74, 6) is 0.811. The van der Waals surface area contributed by atoms with Crippen molar-refractivity contribution in [2.24, 2.45) is 4.99 Å². The normalized spacial score (nSPS) is 32.2. The number of nitrogens with zero attached hydrogens (tertiary/aromatic N) is 2. The van der Waals surface area contributed by atoms with Crippen molar-refractivity contribution < 1.29 is 15.0 Å². The fourth-order valence-electron chi connectivity index (χ4n) is 2.66. The lowest BCUT2D eigenvalue weighted by molar-refractivity contribution is -0.147. The summed E-state index contributed by atoms with van der Waals surface area (Å²) in [7, 11) is 1.86. The largest absolute Gasteiger partial charge is 0.507 e. The Kier molecular flexibility index (Phi) is 4.13. The van der Waals surface area contributed by atoms with Gasteiger partial charge in [-0.05, 0) is 26.1 Å². The monoisotopic (exact) mass is 338 g/mol. The van der Waals surface area contributed by atoms with Crippen LogP contribution in [0.3, 0.4) is 0 Å². The number of carbonyl (C=O) groups is 1. The van der Waals surface area contributed by atoms with Crippen LogP contribution >= 0.6 is 23.5 Å². The van der Waals surface area contributed by atoms with Gasteiger partial charge < -0.3 is 10.2 Å². The zero-order valence-electron chi connectivity index (χ0n) is 12.4. The van der Waals surface area contributed by atoms with Gasteiger partial charge in [-0.25, -0.2) is 0 Å². The number of carboxylic acid groups (broad SMARTS) is 1. The molecule has 1 aromatic carbocycles. The molecule has 0 bridgehead atoms. The van der Waals surface area contributed by atoms with Crippen LogP contribution in [0.1, 0.15) is 12.5 Å². The fraction of sp³-hybridized carbons (Fsp3) is 0.467. The van der Waals surface area contributed by atoms with Crippen molar-refractivity contribution in [1.29, 1.82) is 0 Å². The van der Waals surface area contributed by atoms with Crippen LogP contribution in [0, 0.1) is 0 Å². The number of aromatic hydroxyl groups is 1. The van der Waals surface area contributed by atoms with E-state index in [-0.39, 0.29) is 17.2 Å². The Hall–Kier alpha value is -1.18. The molecule has 0 saturated carbocycles. The number of carboxylic acids is 1. The molecule has 1 saturated heterocycles. The van der Waals surface area contributed by atoms with Gasteiger partial charge in [-0.15, -0.1) is 23.5 Å². The average Bonchev–Trinajstić information content (AvgIpc) is 3.07. The van der Waals surface area contributed by atoms with Gasteiger partial charge in [0.15, 0.2) is 0 Å². The highest BCUT2D eigenvalue weighted by Gasteiger charge is 2.50. The van der Waals surface area contributed by atoms with Gasteiger partial charge in [-0.3, -0.25) is 14.7 Å². The zero-order valence-corrected chi connectivity index (χ0v) is 14.0. The first kappa shape index (κ1) is 15.7. The first-order valence-corrected chi connectivity index (χ1v) is 9.04. The smallest absolute Gasteiger partial charge is 0.324 e. The molecule has 0 aliphatic carbocycles. The summed E-state index contributed by atoms with van der Waals surface area (Å²) >= 11 is 3.26. The van der Waals surface area contributed by atoms with Crippen molar-refractivity contribution in [2.45, 2.75) is 23.9 Å². The number of aliphatic imine (C=N–C) groups is 1. The van der Waals surface area contributed by atoms with Crippen LogP contribution < -0.4 is 0 Å². The molecule has 0 amide bonds. The van der Waals surface area contributed by atoms with E-state index in [9.17, 15) is 15.0 Å². The van der Waals surface area contributed by atoms with Crippen molar-refractivity contribution in [2.75, 3.05) is 18.6 Å². The van der Waals surface area contributed by atoms with E-state index < -0.39 is 11.5 Å². The summed E-state index contributed by atoms with van der Waals surface area (Å²) in [5.41, 5.74) is -0.0886. The first-order chi connectivity index (χ1) is 10.4. The van der Waals surface area contributed by atoms with E-state index in [0.717, 1.165) is 16.4 Å². The quantitative estimate of drug-likeness (QED) is 0.879. The lowest BCUT2D eigenvalue weighted by Gasteiger charge is -2.31. The van der Waals surface area contributed by atoms with Crippen molar-refractivity contribution in [3.05, 3.63) is 29.8 Å². The molecule has 118 valence electrons. The predicted octanol–water partition coefficient (Wildman–Crippen LogP) is 2.10. The molecular weight excluding hydrogens is 320 g/mol. The second-order valence-electron chi connectivity index (χ2n) is 5.72. The molecule has 2 aliphatic rings. The number of phenols is 1. The molecule has 3 rings (SSSR count). The number of thioether (sulfide) groups is 2. The average molecular weight is 338 g/mol. The molecular formula is C15H18N2O3S2. The summed E-state index contributed by atoms with van der Waals surface area (Å²) in [6.45, 7) is 1.76. The molecule has 1 aromatic rings. The Morgan fingerprint density at radius 3 is 2.82 bits per heavy atom.